The van der Waals surface area contributed by atoms with Gasteiger partial charge in [0.15, 0.2) is 5.75 Å². The zero-order valence-corrected chi connectivity index (χ0v) is 19.2. The van der Waals surface area contributed by atoms with Crippen LogP contribution in [0, 0.1) is 11.7 Å². The van der Waals surface area contributed by atoms with Gasteiger partial charge in [0.25, 0.3) is 11.8 Å². The highest BCUT2D eigenvalue weighted by Crippen LogP contribution is 2.55. The molecule has 1 amide bonds. The highest BCUT2D eigenvalue weighted by Gasteiger charge is 2.71. The summed E-state index contributed by atoms with van der Waals surface area (Å²) < 4.78 is 89.0. The van der Waals surface area contributed by atoms with E-state index in [-0.39, 0.29) is 37.2 Å². The number of hydrogen-bond acceptors (Lipinski definition) is 6. The summed E-state index contributed by atoms with van der Waals surface area (Å²) in [6.07, 6.45) is -1.14. The van der Waals surface area contributed by atoms with Crippen LogP contribution in [0.5, 0.6) is 11.6 Å². The van der Waals surface area contributed by atoms with Gasteiger partial charge in [0.05, 0.1) is 26.2 Å². The SMILES string of the molecule is COc1nc(C(=O)N2CC[C@]3(c4cccc(F)c4)OCOC3C2)ccc1OCC1CC(F)(F)C1(F)F. The number of nitrogens with zero attached hydrogens (tertiary/aromatic N) is 2. The Morgan fingerprint density at radius 1 is 1.22 bits per heavy atom. The Hall–Kier alpha value is -2.99. The van der Waals surface area contributed by atoms with Gasteiger partial charge in [-0.05, 0) is 29.8 Å². The lowest BCUT2D eigenvalue weighted by Crippen LogP contribution is -2.60. The molecule has 3 aliphatic rings. The first-order valence-corrected chi connectivity index (χ1v) is 11.3. The number of pyridine rings is 1. The molecule has 2 aromatic rings. The van der Waals surface area contributed by atoms with Gasteiger partial charge in [0.1, 0.15) is 30.0 Å². The zero-order chi connectivity index (χ0) is 25.7. The molecule has 36 heavy (non-hydrogen) atoms. The van der Waals surface area contributed by atoms with E-state index >= 15 is 0 Å². The predicted molar refractivity (Wildman–Crippen MR) is 114 cm³/mol. The molecular weight excluding hydrogens is 491 g/mol. The minimum Gasteiger partial charge on any atom is -0.487 e. The third-order valence-corrected chi connectivity index (χ3v) is 7.03. The summed E-state index contributed by atoms with van der Waals surface area (Å²) in [4.78, 5) is 18.8. The van der Waals surface area contributed by atoms with E-state index in [9.17, 15) is 26.7 Å². The summed E-state index contributed by atoms with van der Waals surface area (Å²) >= 11 is 0. The second-order valence-electron chi connectivity index (χ2n) is 9.06. The van der Waals surface area contributed by atoms with E-state index in [1.54, 1.807) is 12.1 Å². The van der Waals surface area contributed by atoms with Gasteiger partial charge >= 0.3 is 11.8 Å². The molecule has 0 spiro atoms. The molecule has 0 radical (unpaired) electrons. The number of halogens is 5. The van der Waals surface area contributed by atoms with E-state index in [1.165, 1.54) is 36.3 Å². The molecule has 3 fully saturated rings. The summed E-state index contributed by atoms with van der Waals surface area (Å²) in [6.45, 7) is -0.195. The van der Waals surface area contributed by atoms with Crippen LogP contribution >= 0.6 is 0 Å². The number of carbonyl (C=O) groups excluding carboxylic acids is 1. The van der Waals surface area contributed by atoms with Crippen molar-refractivity contribution in [3.63, 3.8) is 0 Å². The Bertz CT molecular complexity index is 1170. The van der Waals surface area contributed by atoms with Crippen LogP contribution in [0.15, 0.2) is 36.4 Å². The molecule has 7 nitrogen and oxygen atoms in total. The molecule has 3 heterocycles. The Morgan fingerprint density at radius 3 is 2.72 bits per heavy atom. The third-order valence-electron chi connectivity index (χ3n) is 7.03. The Morgan fingerprint density at radius 2 is 2.03 bits per heavy atom. The van der Waals surface area contributed by atoms with Gasteiger partial charge in [-0.2, -0.15) is 17.6 Å². The molecule has 2 unspecified atom stereocenters. The quantitative estimate of drug-likeness (QED) is 0.543. The maximum atomic E-state index is 13.8. The first-order valence-electron chi connectivity index (χ1n) is 11.3. The van der Waals surface area contributed by atoms with E-state index in [1.807, 2.05) is 0 Å². The highest BCUT2D eigenvalue weighted by molar-refractivity contribution is 5.92. The fourth-order valence-electron chi connectivity index (χ4n) is 4.88. The number of benzene rings is 1. The van der Waals surface area contributed by atoms with Crippen LogP contribution in [0.1, 0.15) is 28.9 Å². The summed E-state index contributed by atoms with van der Waals surface area (Å²) in [5.41, 5.74) is -0.229. The van der Waals surface area contributed by atoms with E-state index in [0.29, 0.717) is 12.0 Å². The monoisotopic (exact) mass is 514 g/mol. The number of hydrogen-bond donors (Lipinski definition) is 0. The topological polar surface area (TPSA) is 70.1 Å². The van der Waals surface area contributed by atoms with Gasteiger partial charge in [0, 0.05) is 19.4 Å². The van der Waals surface area contributed by atoms with Crippen LogP contribution < -0.4 is 9.47 Å². The van der Waals surface area contributed by atoms with Crippen LogP contribution in [0.4, 0.5) is 22.0 Å². The van der Waals surface area contributed by atoms with E-state index in [4.69, 9.17) is 18.9 Å². The van der Waals surface area contributed by atoms with Crippen molar-refractivity contribution in [2.45, 2.75) is 36.4 Å². The molecular formula is C24H23F5N2O5. The van der Waals surface area contributed by atoms with Crippen LogP contribution in [-0.4, -0.2) is 67.3 Å². The number of alkyl halides is 4. The Labute approximate surface area is 203 Å². The lowest BCUT2D eigenvalue weighted by Gasteiger charge is -2.43. The first kappa shape index (κ1) is 24.7. The lowest BCUT2D eigenvalue weighted by molar-refractivity contribution is -0.317. The van der Waals surface area contributed by atoms with Gasteiger partial charge in [-0.25, -0.2) is 9.37 Å². The number of amides is 1. The number of piperidine rings is 1. The van der Waals surface area contributed by atoms with Crippen molar-refractivity contribution in [1.29, 1.82) is 0 Å². The molecule has 1 aliphatic carbocycles. The second-order valence-corrected chi connectivity index (χ2v) is 9.06. The predicted octanol–water partition coefficient (Wildman–Crippen LogP) is 4.01. The minimum absolute atomic E-state index is 0.00723. The smallest absolute Gasteiger partial charge is 0.316 e. The molecule has 194 valence electrons. The van der Waals surface area contributed by atoms with Crippen molar-refractivity contribution in [3.8, 4) is 11.6 Å². The van der Waals surface area contributed by atoms with Gasteiger partial charge in [-0.15, -0.1) is 0 Å². The average Bonchev–Trinajstić information content (AvgIpc) is 3.30. The van der Waals surface area contributed by atoms with Crippen molar-refractivity contribution >= 4 is 5.91 Å². The molecule has 5 rings (SSSR count). The highest BCUT2D eigenvalue weighted by atomic mass is 19.3. The number of aromatic nitrogens is 1. The molecule has 0 N–H and O–H groups in total. The van der Waals surface area contributed by atoms with Crippen LogP contribution in [0.25, 0.3) is 0 Å². The Balaban J connectivity index is 1.27. The minimum atomic E-state index is -4.15. The lowest BCUT2D eigenvalue weighted by atomic mass is 9.77. The van der Waals surface area contributed by atoms with Crippen LogP contribution in [0.2, 0.25) is 0 Å². The molecule has 12 heteroatoms. The molecule has 1 saturated carbocycles. The molecule has 2 aliphatic heterocycles. The van der Waals surface area contributed by atoms with Crippen LogP contribution in [0.3, 0.4) is 0 Å². The van der Waals surface area contributed by atoms with Gasteiger partial charge in [-0.1, -0.05) is 12.1 Å². The summed E-state index contributed by atoms with van der Waals surface area (Å²) in [5, 5.41) is 0. The van der Waals surface area contributed by atoms with Crippen molar-refractivity contribution in [2.24, 2.45) is 5.92 Å². The van der Waals surface area contributed by atoms with Crippen molar-refractivity contribution in [2.75, 3.05) is 33.6 Å². The van der Waals surface area contributed by atoms with Gasteiger partial charge in [-0.3, -0.25) is 4.79 Å². The number of ether oxygens (including phenoxy) is 4. The first-order chi connectivity index (χ1) is 17.1. The fourth-order valence-corrected chi connectivity index (χ4v) is 4.88. The molecule has 3 atom stereocenters. The van der Waals surface area contributed by atoms with E-state index in [0.717, 1.165) is 0 Å². The van der Waals surface area contributed by atoms with Crippen molar-refractivity contribution in [1.82, 2.24) is 9.88 Å². The van der Waals surface area contributed by atoms with Crippen molar-refractivity contribution in [3.05, 3.63) is 53.5 Å². The Kier molecular flexibility index (Phi) is 6.06. The molecule has 1 aromatic heterocycles. The molecule has 2 saturated heterocycles. The maximum absolute atomic E-state index is 13.8. The van der Waals surface area contributed by atoms with E-state index < -0.39 is 54.2 Å². The zero-order valence-electron chi connectivity index (χ0n) is 19.2. The largest absolute Gasteiger partial charge is 0.487 e. The van der Waals surface area contributed by atoms with Crippen LogP contribution in [-0.2, 0) is 15.1 Å². The summed E-state index contributed by atoms with van der Waals surface area (Å²) in [6, 6.07) is 8.74. The number of likely N-dealkylation sites (tertiary alicyclic amines) is 1. The normalized spacial score (nSPS) is 28.2. The molecule has 1 aromatic carbocycles. The summed E-state index contributed by atoms with van der Waals surface area (Å²) in [5.74, 6) is -10.9. The van der Waals surface area contributed by atoms with Gasteiger partial charge in [0.2, 0.25) is 0 Å². The van der Waals surface area contributed by atoms with Gasteiger partial charge < -0.3 is 23.8 Å². The number of carbonyl (C=O) groups is 1. The second kappa shape index (κ2) is 8.84. The number of rotatable bonds is 6. The standard InChI is InChI=1S/C24H23F5N2O5/c1-33-20-18(34-12-15-10-23(26,27)24(15,28)29)6-5-17(30-20)21(32)31-8-7-22(19(11-31)35-13-36-22)14-3-2-4-16(25)9-14/h2-6,9,15,19H,7-8,10-13H2,1H3/t15?,19?,22-/m1/s1. The number of fused-ring (bicyclic) bond motifs is 1. The maximum Gasteiger partial charge on any atom is 0.316 e. The molecule has 0 bridgehead atoms. The number of methoxy groups -OCH3 is 1. The van der Waals surface area contributed by atoms with E-state index in [2.05, 4.69) is 4.98 Å². The average molecular weight is 514 g/mol. The fraction of sp³-hybridized carbons (Fsp3) is 0.500. The summed E-state index contributed by atoms with van der Waals surface area (Å²) in [7, 11) is 1.26. The third kappa shape index (κ3) is 3.96. The van der Waals surface area contributed by atoms with Crippen molar-refractivity contribution < 1.29 is 45.7 Å².